The second-order valence-electron chi connectivity index (χ2n) is 5.53. The van der Waals surface area contributed by atoms with Gasteiger partial charge in [-0.05, 0) is 30.7 Å². The smallest absolute Gasteiger partial charge is 0.285 e. The molecule has 1 N–H and O–H groups in total. The van der Waals surface area contributed by atoms with Gasteiger partial charge in [0.2, 0.25) is 0 Å². The number of phenolic OH excluding ortho intramolecular Hbond substituents is 1. The molecule has 26 heavy (non-hydrogen) atoms. The van der Waals surface area contributed by atoms with Gasteiger partial charge in [0.25, 0.3) is 17.5 Å². The molecule has 0 radical (unpaired) electrons. The van der Waals surface area contributed by atoms with Gasteiger partial charge in [-0.2, -0.15) is 10.1 Å². The van der Waals surface area contributed by atoms with Crippen molar-refractivity contribution < 1.29 is 19.6 Å². The van der Waals surface area contributed by atoms with E-state index in [1.54, 1.807) is 25.1 Å². The number of amides is 2. The number of aromatic hydroxyl groups is 1. The zero-order chi connectivity index (χ0) is 18.8. The Morgan fingerprint density at radius 1 is 1.23 bits per heavy atom. The lowest BCUT2D eigenvalue weighted by Crippen LogP contribution is -2.29. The number of hydrogen-bond acceptors (Lipinski definition) is 6. The van der Waals surface area contributed by atoms with E-state index in [0.717, 1.165) is 0 Å². The summed E-state index contributed by atoms with van der Waals surface area (Å²) in [5, 5.41) is 25.3. The number of phenols is 1. The SMILES string of the molecule is CC1=NN(C(=O)c2ccccc2O)C(=O)/C1=C/c1cccc([N+](=O)[O-])c1. The number of hydrogen-bond donors (Lipinski definition) is 1. The average Bonchev–Trinajstić information content (AvgIpc) is 2.90. The summed E-state index contributed by atoms with van der Waals surface area (Å²) in [4.78, 5) is 35.4. The molecule has 0 aliphatic carbocycles. The molecule has 0 fully saturated rings. The third-order valence-electron chi connectivity index (χ3n) is 3.78. The Labute approximate surface area is 147 Å². The number of nitrogens with zero attached hydrogens (tertiary/aromatic N) is 3. The second-order valence-corrected chi connectivity index (χ2v) is 5.53. The van der Waals surface area contributed by atoms with Crippen LogP contribution in [0.2, 0.25) is 0 Å². The fourth-order valence-electron chi connectivity index (χ4n) is 2.49. The highest BCUT2D eigenvalue weighted by atomic mass is 16.6. The Kier molecular flexibility index (Phi) is 4.32. The Morgan fingerprint density at radius 2 is 1.96 bits per heavy atom. The number of rotatable bonds is 3. The van der Waals surface area contributed by atoms with Gasteiger partial charge in [-0.3, -0.25) is 19.7 Å². The molecule has 1 heterocycles. The van der Waals surface area contributed by atoms with Crippen LogP contribution in [0.25, 0.3) is 6.08 Å². The van der Waals surface area contributed by atoms with E-state index in [9.17, 15) is 24.8 Å². The molecule has 0 saturated carbocycles. The van der Waals surface area contributed by atoms with Crippen molar-refractivity contribution in [3.05, 3.63) is 75.3 Å². The molecule has 130 valence electrons. The number of para-hydroxylation sites is 1. The van der Waals surface area contributed by atoms with E-state index in [1.165, 1.54) is 36.4 Å². The van der Waals surface area contributed by atoms with E-state index in [-0.39, 0.29) is 22.6 Å². The van der Waals surface area contributed by atoms with Crippen LogP contribution >= 0.6 is 0 Å². The molecule has 3 rings (SSSR count). The minimum absolute atomic E-state index is 0.0472. The van der Waals surface area contributed by atoms with Gasteiger partial charge in [-0.25, -0.2) is 0 Å². The van der Waals surface area contributed by atoms with Crippen LogP contribution in [0, 0.1) is 10.1 Å². The van der Waals surface area contributed by atoms with E-state index in [2.05, 4.69) is 5.10 Å². The molecule has 2 aromatic carbocycles. The number of nitro groups is 1. The summed E-state index contributed by atoms with van der Waals surface area (Å²) >= 11 is 0. The molecule has 0 aromatic heterocycles. The van der Waals surface area contributed by atoms with Crippen molar-refractivity contribution in [1.82, 2.24) is 5.01 Å². The first-order valence-corrected chi connectivity index (χ1v) is 7.57. The van der Waals surface area contributed by atoms with Crippen LogP contribution in [-0.4, -0.2) is 32.6 Å². The normalized spacial score (nSPS) is 15.3. The number of carbonyl (C=O) groups is 2. The number of benzene rings is 2. The van der Waals surface area contributed by atoms with Gasteiger partial charge in [-0.15, -0.1) is 0 Å². The molecule has 0 atom stereocenters. The highest BCUT2D eigenvalue weighted by molar-refractivity contribution is 6.30. The Morgan fingerprint density at radius 3 is 2.65 bits per heavy atom. The van der Waals surface area contributed by atoms with E-state index >= 15 is 0 Å². The molecule has 1 aliphatic rings. The first-order chi connectivity index (χ1) is 12.4. The number of non-ortho nitro benzene ring substituents is 1. The van der Waals surface area contributed by atoms with Crippen LogP contribution in [0.5, 0.6) is 5.75 Å². The zero-order valence-electron chi connectivity index (χ0n) is 13.6. The van der Waals surface area contributed by atoms with E-state index < -0.39 is 16.7 Å². The molecule has 0 spiro atoms. The summed E-state index contributed by atoms with van der Waals surface area (Å²) in [5.74, 6) is -1.67. The summed E-state index contributed by atoms with van der Waals surface area (Å²) in [5.41, 5.74) is 0.726. The van der Waals surface area contributed by atoms with Crippen molar-refractivity contribution in [2.24, 2.45) is 5.10 Å². The summed E-state index contributed by atoms with van der Waals surface area (Å²) in [6.07, 6.45) is 1.44. The van der Waals surface area contributed by atoms with Crippen molar-refractivity contribution in [1.29, 1.82) is 0 Å². The Balaban J connectivity index is 1.93. The lowest BCUT2D eigenvalue weighted by Gasteiger charge is -2.10. The third-order valence-corrected chi connectivity index (χ3v) is 3.78. The number of nitro benzene ring substituents is 1. The molecule has 2 amide bonds. The van der Waals surface area contributed by atoms with Crippen LogP contribution in [0.15, 0.2) is 59.2 Å². The van der Waals surface area contributed by atoms with Crippen molar-refractivity contribution in [2.45, 2.75) is 6.92 Å². The minimum Gasteiger partial charge on any atom is -0.507 e. The van der Waals surface area contributed by atoms with Gasteiger partial charge in [-0.1, -0.05) is 24.3 Å². The Bertz CT molecular complexity index is 994. The molecule has 8 heteroatoms. The lowest BCUT2D eigenvalue weighted by molar-refractivity contribution is -0.384. The van der Waals surface area contributed by atoms with Gasteiger partial charge in [0, 0.05) is 12.1 Å². The predicted molar refractivity (Wildman–Crippen MR) is 93.5 cm³/mol. The number of carbonyl (C=O) groups excluding carboxylic acids is 2. The summed E-state index contributed by atoms with van der Waals surface area (Å²) < 4.78 is 0. The van der Waals surface area contributed by atoms with E-state index in [4.69, 9.17) is 0 Å². The topological polar surface area (TPSA) is 113 Å². The molecule has 0 bridgehead atoms. The quantitative estimate of drug-likeness (QED) is 0.395. The van der Waals surface area contributed by atoms with Crippen molar-refractivity contribution in [3.63, 3.8) is 0 Å². The third kappa shape index (κ3) is 3.07. The van der Waals surface area contributed by atoms with Crippen LogP contribution in [-0.2, 0) is 4.79 Å². The molecule has 0 unspecified atom stereocenters. The molecular weight excluding hydrogens is 338 g/mol. The fourth-order valence-corrected chi connectivity index (χ4v) is 2.49. The van der Waals surface area contributed by atoms with E-state index in [0.29, 0.717) is 16.3 Å². The van der Waals surface area contributed by atoms with Gasteiger partial charge < -0.3 is 5.11 Å². The average molecular weight is 351 g/mol. The summed E-state index contributed by atoms with van der Waals surface area (Å²) in [6.45, 7) is 1.55. The van der Waals surface area contributed by atoms with Gasteiger partial charge in [0.05, 0.1) is 21.8 Å². The first-order valence-electron chi connectivity index (χ1n) is 7.57. The van der Waals surface area contributed by atoms with Crippen molar-refractivity contribution >= 4 is 29.3 Å². The monoisotopic (exact) mass is 351 g/mol. The van der Waals surface area contributed by atoms with Crippen LogP contribution in [0.3, 0.4) is 0 Å². The first kappa shape index (κ1) is 17.0. The van der Waals surface area contributed by atoms with Crippen LogP contribution in [0.1, 0.15) is 22.8 Å². The zero-order valence-corrected chi connectivity index (χ0v) is 13.6. The summed E-state index contributed by atoms with van der Waals surface area (Å²) in [6, 6.07) is 11.6. The number of hydrazone groups is 1. The highest BCUT2D eigenvalue weighted by Gasteiger charge is 2.33. The summed E-state index contributed by atoms with van der Waals surface area (Å²) in [7, 11) is 0. The molecule has 1 aliphatic heterocycles. The lowest BCUT2D eigenvalue weighted by atomic mass is 10.1. The maximum absolute atomic E-state index is 12.6. The molecular formula is C18H13N3O5. The van der Waals surface area contributed by atoms with Gasteiger partial charge in [0.1, 0.15) is 5.75 Å². The van der Waals surface area contributed by atoms with Gasteiger partial charge in [0.15, 0.2) is 0 Å². The molecule has 2 aromatic rings. The maximum Gasteiger partial charge on any atom is 0.285 e. The maximum atomic E-state index is 12.6. The predicted octanol–water partition coefficient (Wildman–Crippen LogP) is 2.74. The van der Waals surface area contributed by atoms with Crippen LogP contribution < -0.4 is 0 Å². The standard InChI is InChI=1S/C18H13N3O5/c1-11-15(10-12-5-4-6-13(9-12)21(25)26)18(24)20(19-11)17(23)14-7-2-3-8-16(14)22/h2-10,22H,1H3/b15-10+. The minimum atomic E-state index is -0.755. The largest absolute Gasteiger partial charge is 0.507 e. The van der Waals surface area contributed by atoms with Crippen LogP contribution in [0.4, 0.5) is 5.69 Å². The molecule has 0 saturated heterocycles. The van der Waals surface area contributed by atoms with Gasteiger partial charge >= 0.3 is 0 Å². The van der Waals surface area contributed by atoms with Crippen molar-refractivity contribution in [3.8, 4) is 5.75 Å². The molecule has 8 nitrogen and oxygen atoms in total. The Hall–Kier alpha value is -3.81. The fraction of sp³-hybridized carbons (Fsp3) is 0.0556. The van der Waals surface area contributed by atoms with Crippen molar-refractivity contribution in [2.75, 3.05) is 0 Å². The van der Waals surface area contributed by atoms with E-state index in [1.807, 2.05) is 0 Å². The highest BCUT2D eigenvalue weighted by Crippen LogP contribution is 2.25. The number of imide groups is 1. The second kappa shape index (κ2) is 6.60.